The highest BCUT2D eigenvalue weighted by molar-refractivity contribution is 7.92. The van der Waals surface area contributed by atoms with E-state index in [0.29, 0.717) is 16.5 Å². The van der Waals surface area contributed by atoms with E-state index in [9.17, 15) is 8.42 Å². The molecule has 0 aliphatic heterocycles. The molecule has 0 spiro atoms. The zero-order chi connectivity index (χ0) is 20.3. The van der Waals surface area contributed by atoms with Gasteiger partial charge in [0, 0.05) is 11.1 Å². The Morgan fingerprint density at radius 3 is 2.29 bits per heavy atom. The lowest BCUT2D eigenvalue weighted by Gasteiger charge is -2.32. The molecule has 0 aromatic heterocycles. The SMILES string of the molecule is COc1cccc(N(C(C)c2ccccc2C)S(=O)(=O)c2ccc(Cl)cc2)c1. The molecule has 0 aliphatic rings. The summed E-state index contributed by atoms with van der Waals surface area (Å²) in [6, 6.07) is 20.6. The van der Waals surface area contributed by atoms with Crippen LogP contribution in [0.3, 0.4) is 0 Å². The summed E-state index contributed by atoms with van der Waals surface area (Å²) in [5, 5.41) is 0.485. The summed E-state index contributed by atoms with van der Waals surface area (Å²) in [5.41, 5.74) is 2.49. The Morgan fingerprint density at radius 1 is 0.964 bits per heavy atom. The van der Waals surface area contributed by atoms with Crippen LogP contribution >= 0.6 is 11.6 Å². The fourth-order valence-corrected chi connectivity index (χ4v) is 4.97. The third-order valence-electron chi connectivity index (χ3n) is 4.67. The lowest BCUT2D eigenvalue weighted by Crippen LogP contribution is -2.34. The van der Waals surface area contributed by atoms with Gasteiger partial charge in [-0.2, -0.15) is 0 Å². The van der Waals surface area contributed by atoms with Crippen LogP contribution in [0, 0.1) is 6.92 Å². The summed E-state index contributed by atoms with van der Waals surface area (Å²) in [7, 11) is -2.28. The Morgan fingerprint density at radius 2 is 1.64 bits per heavy atom. The number of hydrogen-bond acceptors (Lipinski definition) is 3. The van der Waals surface area contributed by atoms with Crippen molar-refractivity contribution in [2.45, 2.75) is 24.8 Å². The van der Waals surface area contributed by atoms with Gasteiger partial charge in [0.25, 0.3) is 10.0 Å². The molecular formula is C22H22ClNO3S. The number of sulfonamides is 1. The average molecular weight is 416 g/mol. The van der Waals surface area contributed by atoms with Crippen LogP contribution in [0.25, 0.3) is 0 Å². The van der Waals surface area contributed by atoms with E-state index in [1.54, 1.807) is 43.5 Å². The van der Waals surface area contributed by atoms with Crippen LogP contribution in [0.2, 0.25) is 5.02 Å². The summed E-state index contributed by atoms with van der Waals surface area (Å²) in [6.07, 6.45) is 0. The van der Waals surface area contributed by atoms with Crippen LogP contribution in [-0.2, 0) is 10.0 Å². The largest absolute Gasteiger partial charge is 0.497 e. The van der Waals surface area contributed by atoms with Gasteiger partial charge >= 0.3 is 0 Å². The van der Waals surface area contributed by atoms with Crippen LogP contribution in [0.4, 0.5) is 5.69 Å². The van der Waals surface area contributed by atoms with Crippen LogP contribution in [-0.4, -0.2) is 15.5 Å². The number of nitrogens with zero attached hydrogens (tertiary/aromatic N) is 1. The second kappa shape index (κ2) is 8.25. The van der Waals surface area contributed by atoms with Gasteiger partial charge in [0.15, 0.2) is 0 Å². The molecule has 0 amide bonds. The number of rotatable bonds is 6. The Bertz CT molecular complexity index is 1070. The Kier molecular flexibility index (Phi) is 5.96. The standard InChI is InChI=1S/C22H22ClNO3S/c1-16-7-4-5-10-22(16)17(2)24(19-8-6-9-20(15-19)27-3)28(25,26)21-13-11-18(23)12-14-21/h4-15,17H,1-3H3. The number of benzene rings is 3. The topological polar surface area (TPSA) is 46.6 Å². The molecule has 0 radical (unpaired) electrons. The molecule has 0 aliphatic carbocycles. The van der Waals surface area contributed by atoms with Crippen molar-refractivity contribution in [3.8, 4) is 5.75 Å². The summed E-state index contributed by atoms with van der Waals surface area (Å²) < 4.78 is 34.0. The number of hydrogen-bond donors (Lipinski definition) is 0. The first-order valence-corrected chi connectivity index (χ1v) is 10.7. The van der Waals surface area contributed by atoms with Gasteiger partial charge in [-0.25, -0.2) is 8.42 Å². The van der Waals surface area contributed by atoms with E-state index in [-0.39, 0.29) is 4.90 Å². The van der Waals surface area contributed by atoms with Crippen LogP contribution < -0.4 is 9.04 Å². The minimum atomic E-state index is -3.84. The van der Waals surface area contributed by atoms with E-state index in [4.69, 9.17) is 16.3 Å². The molecule has 3 rings (SSSR count). The van der Waals surface area contributed by atoms with Crippen molar-refractivity contribution in [1.29, 1.82) is 0 Å². The van der Waals surface area contributed by atoms with Crippen molar-refractivity contribution in [3.05, 3.63) is 88.9 Å². The van der Waals surface area contributed by atoms with E-state index < -0.39 is 16.1 Å². The predicted octanol–water partition coefficient (Wildman–Crippen LogP) is 5.61. The molecule has 4 nitrogen and oxygen atoms in total. The molecule has 146 valence electrons. The number of anilines is 1. The monoisotopic (exact) mass is 415 g/mol. The van der Waals surface area contributed by atoms with Gasteiger partial charge in [0.05, 0.1) is 23.7 Å². The van der Waals surface area contributed by atoms with E-state index in [1.165, 1.54) is 16.4 Å². The van der Waals surface area contributed by atoms with E-state index in [0.717, 1.165) is 11.1 Å². The second-order valence-electron chi connectivity index (χ2n) is 6.49. The van der Waals surface area contributed by atoms with Crippen LogP contribution in [0.15, 0.2) is 77.7 Å². The molecule has 28 heavy (non-hydrogen) atoms. The minimum Gasteiger partial charge on any atom is -0.497 e. The van der Waals surface area contributed by atoms with Crippen LogP contribution in [0.1, 0.15) is 24.1 Å². The maximum Gasteiger partial charge on any atom is 0.264 e. The molecule has 1 atom stereocenters. The van der Waals surface area contributed by atoms with Crippen molar-refractivity contribution in [3.63, 3.8) is 0 Å². The fourth-order valence-electron chi connectivity index (χ4n) is 3.22. The molecule has 0 bridgehead atoms. The molecule has 0 N–H and O–H groups in total. The Labute approximate surface area is 171 Å². The first-order chi connectivity index (χ1) is 13.3. The summed E-state index contributed by atoms with van der Waals surface area (Å²) in [5.74, 6) is 0.589. The molecule has 0 saturated carbocycles. The van der Waals surface area contributed by atoms with E-state index >= 15 is 0 Å². The first-order valence-electron chi connectivity index (χ1n) is 8.84. The van der Waals surface area contributed by atoms with E-state index in [1.807, 2.05) is 38.1 Å². The quantitative estimate of drug-likeness (QED) is 0.525. The molecule has 0 saturated heterocycles. The Hall–Kier alpha value is -2.50. The molecule has 6 heteroatoms. The molecule has 1 unspecified atom stereocenters. The van der Waals surface area contributed by atoms with Crippen molar-refractivity contribution < 1.29 is 13.2 Å². The number of aryl methyl sites for hydroxylation is 1. The van der Waals surface area contributed by atoms with Crippen molar-refractivity contribution in [2.75, 3.05) is 11.4 Å². The lowest BCUT2D eigenvalue weighted by molar-refractivity contribution is 0.415. The molecule has 0 heterocycles. The normalized spacial score (nSPS) is 12.4. The second-order valence-corrected chi connectivity index (χ2v) is 8.74. The fraction of sp³-hybridized carbons (Fsp3) is 0.182. The highest BCUT2D eigenvalue weighted by atomic mass is 35.5. The predicted molar refractivity (Wildman–Crippen MR) is 114 cm³/mol. The van der Waals surface area contributed by atoms with Gasteiger partial charge in [0.1, 0.15) is 5.75 Å². The van der Waals surface area contributed by atoms with E-state index in [2.05, 4.69) is 0 Å². The number of ether oxygens (including phenoxy) is 1. The third-order valence-corrected chi connectivity index (χ3v) is 6.83. The van der Waals surface area contributed by atoms with Gasteiger partial charge in [0.2, 0.25) is 0 Å². The Balaban J connectivity index is 2.19. The highest BCUT2D eigenvalue weighted by Gasteiger charge is 2.31. The van der Waals surface area contributed by atoms with Crippen LogP contribution in [0.5, 0.6) is 5.75 Å². The maximum atomic E-state index is 13.6. The van der Waals surface area contributed by atoms with Crippen molar-refractivity contribution in [1.82, 2.24) is 0 Å². The summed E-state index contributed by atoms with van der Waals surface area (Å²) >= 11 is 5.95. The zero-order valence-corrected chi connectivity index (χ0v) is 17.5. The van der Waals surface area contributed by atoms with Crippen molar-refractivity contribution in [2.24, 2.45) is 0 Å². The molecule has 3 aromatic carbocycles. The lowest BCUT2D eigenvalue weighted by atomic mass is 10.0. The smallest absolute Gasteiger partial charge is 0.264 e. The average Bonchev–Trinajstić information content (AvgIpc) is 2.68. The summed E-state index contributed by atoms with van der Waals surface area (Å²) in [4.78, 5) is 0.181. The van der Waals surface area contributed by atoms with Gasteiger partial charge in [-0.1, -0.05) is 41.9 Å². The number of halogens is 1. The van der Waals surface area contributed by atoms with Gasteiger partial charge in [-0.05, 0) is 61.4 Å². The first kappa shape index (κ1) is 20.2. The minimum absolute atomic E-state index is 0.181. The maximum absolute atomic E-state index is 13.6. The highest BCUT2D eigenvalue weighted by Crippen LogP contribution is 2.36. The van der Waals surface area contributed by atoms with Gasteiger partial charge < -0.3 is 4.74 Å². The zero-order valence-electron chi connectivity index (χ0n) is 16.0. The van der Waals surface area contributed by atoms with Crippen molar-refractivity contribution >= 4 is 27.3 Å². The van der Waals surface area contributed by atoms with Gasteiger partial charge in [-0.3, -0.25) is 4.31 Å². The third kappa shape index (κ3) is 4.01. The number of methoxy groups -OCH3 is 1. The molecular weight excluding hydrogens is 394 g/mol. The van der Waals surface area contributed by atoms with Gasteiger partial charge in [-0.15, -0.1) is 0 Å². The summed E-state index contributed by atoms with van der Waals surface area (Å²) in [6.45, 7) is 3.86. The molecule has 3 aromatic rings. The molecule has 0 fully saturated rings.